The maximum atomic E-state index is 11.4. The Morgan fingerprint density at radius 1 is 1.57 bits per heavy atom. The summed E-state index contributed by atoms with van der Waals surface area (Å²) in [7, 11) is 0. The summed E-state index contributed by atoms with van der Waals surface area (Å²) in [6, 6.07) is 4.81. The Morgan fingerprint density at radius 2 is 2.29 bits per heavy atom. The van der Waals surface area contributed by atoms with Crippen LogP contribution in [0.1, 0.15) is 17.3 Å². The molecule has 0 atom stereocenters. The van der Waals surface area contributed by atoms with Crippen LogP contribution in [0.25, 0.3) is 0 Å². The lowest BCUT2D eigenvalue weighted by Gasteiger charge is -2.03. The molecule has 1 aromatic rings. The first kappa shape index (κ1) is 11.0. The predicted octanol–water partition coefficient (Wildman–Crippen LogP) is 2.14. The van der Waals surface area contributed by atoms with Gasteiger partial charge in [-0.25, -0.2) is 0 Å². The first-order valence-corrected chi connectivity index (χ1v) is 4.69. The van der Waals surface area contributed by atoms with E-state index in [2.05, 4.69) is 0 Å². The van der Waals surface area contributed by atoms with Crippen molar-refractivity contribution in [3.8, 4) is 0 Å². The lowest BCUT2D eigenvalue weighted by molar-refractivity contribution is 0.0783. The summed E-state index contributed by atoms with van der Waals surface area (Å²) in [5, 5.41) is 0.396. The molecule has 0 saturated carbocycles. The number of nitrogens with two attached hydrogens (primary N) is 1. The summed E-state index contributed by atoms with van der Waals surface area (Å²) >= 11 is 5.77. The van der Waals surface area contributed by atoms with Crippen molar-refractivity contribution in [2.75, 3.05) is 18.9 Å². The lowest BCUT2D eigenvalue weighted by Crippen LogP contribution is -2.08. The average molecular weight is 214 g/mol. The molecule has 3 nitrogen and oxygen atoms in total. The highest BCUT2D eigenvalue weighted by atomic mass is 35.5. The topological polar surface area (TPSA) is 52.3 Å². The number of benzene rings is 1. The van der Waals surface area contributed by atoms with Gasteiger partial charge in [-0.1, -0.05) is 11.6 Å². The second-order valence-corrected chi connectivity index (χ2v) is 3.20. The van der Waals surface area contributed by atoms with Gasteiger partial charge in [0, 0.05) is 12.2 Å². The van der Waals surface area contributed by atoms with E-state index in [4.69, 9.17) is 22.1 Å². The van der Waals surface area contributed by atoms with E-state index in [0.29, 0.717) is 22.9 Å². The van der Waals surface area contributed by atoms with Crippen molar-refractivity contribution in [2.24, 2.45) is 0 Å². The van der Waals surface area contributed by atoms with Crippen LogP contribution in [0, 0.1) is 0 Å². The summed E-state index contributed by atoms with van der Waals surface area (Å²) in [5.41, 5.74) is 6.51. The minimum atomic E-state index is -0.0891. The highest BCUT2D eigenvalue weighted by Crippen LogP contribution is 2.19. The Bertz CT molecular complexity index is 339. The smallest absolute Gasteiger partial charge is 0.188 e. The average Bonchev–Trinajstić information content (AvgIpc) is 2.18. The van der Waals surface area contributed by atoms with Crippen molar-refractivity contribution in [2.45, 2.75) is 6.92 Å². The molecule has 0 unspecified atom stereocenters. The van der Waals surface area contributed by atoms with Gasteiger partial charge < -0.3 is 10.5 Å². The fourth-order valence-corrected chi connectivity index (χ4v) is 1.16. The van der Waals surface area contributed by atoms with E-state index in [0.717, 1.165) is 0 Å². The zero-order valence-corrected chi connectivity index (χ0v) is 8.67. The van der Waals surface area contributed by atoms with Crippen LogP contribution in [-0.4, -0.2) is 19.0 Å². The highest BCUT2D eigenvalue weighted by molar-refractivity contribution is 6.33. The van der Waals surface area contributed by atoms with Crippen LogP contribution >= 0.6 is 11.6 Å². The first-order chi connectivity index (χ1) is 6.65. The van der Waals surface area contributed by atoms with E-state index in [-0.39, 0.29) is 12.4 Å². The Hall–Kier alpha value is -1.06. The Balaban J connectivity index is 2.76. The van der Waals surface area contributed by atoms with Gasteiger partial charge in [-0.15, -0.1) is 0 Å². The molecule has 0 aliphatic carbocycles. The number of hydrogen-bond acceptors (Lipinski definition) is 3. The first-order valence-electron chi connectivity index (χ1n) is 4.31. The van der Waals surface area contributed by atoms with Gasteiger partial charge in [0.1, 0.15) is 6.61 Å². The second kappa shape index (κ2) is 4.98. The Morgan fingerprint density at radius 3 is 2.86 bits per heavy atom. The molecule has 76 valence electrons. The molecule has 0 radical (unpaired) electrons. The van der Waals surface area contributed by atoms with E-state index in [1.807, 2.05) is 6.92 Å². The van der Waals surface area contributed by atoms with Gasteiger partial charge in [-0.2, -0.15) is 0 Å². The fraction of sp³-hybridized carbons (Fsp3) is 0.300. The van der Waals surface area contributed by atoms with E-state index < -0.39 is 0 Å². The van der Waals surface area contributed by atoms with Crippen LogP contribution in [0.3, 0.4) is 0 Å². The predicted molar refractivity (Wildman–Crippen MR) is 56.7 cm³/mol. The van der Waals surface area contributed by atoms with Crippen molar-refractivity contribution in [1.29, 1.82) is 0 Å². The quantitative estimate of drug-likeness (QED) is 0.616. The Labute approximate surface area is 87.8 Å². The van der Waals surface area contributed by atoms with E-state index in [1.165, 1.54) is 0 Å². The van der Waals surface area contributed by atoms with Crippen molar-refractivity contribution in [1.82, 2.24) is 0 Å². The third-order valence-electron chi connectivity index (χ3n) is 1.76. The largest absolute Gasteiger partial charge is 0.398 e. The van der Waals surface area contributed by atoms with Crippen molar-refractivity contribution >= 4 is 23.1 Å². The second-order valence-electron chi connectivity index (χ2n) is 2.80. The number of anilines is 1. The van der Waals surface area contributed by atoms with Crippen LogP contribution < -0.4 is 5.73 Å². The third-order valence-corrected chi connectivity index (χ3v) is 2.09. The van der Waals surface area contributed by atoms with Crippen LogP contribution in [0.4, 0.5) is 5.69 Å². The maximum Gasteiger partial charge on any atom is 0.188 e. The monoisotopic (exact) mass is 213 g/mol. The van der Waals surface area contributed by atoms with Crippen molar-refractivity contribution in [3.63, 3.8) is 0 Å². The summed E-state index contributed by atoms with van der Waals surface area (Å²) in [5.74, 6) is -0.0891. The van der Waals surface area contributed by atoms with Crippen molar-refractivity contribution < 1.29 is 9.53 Å². The number of Topliss-reactive ketones (excluding diaryl/α,β-unsaturated/α-hetero) is 1. The highest BCUT2D eigenvalue weighted by Gasteiger charge is 2.07. The molecule has 0 bridgehead atoms. The molecule has 0 amide bonds. The summed E-state index contributed by atoms with van der Waals surface area (Å²) in [6.07, 6.45) is 0. The zero-order valence-electron chi connectivity index (χ0n) is 7.92. The SMILES string of the molecule is CCOCC(=O)c1ccc(N)c(Cl)c1. The number of carbonyl (C=O) groups is 1. The van der Waals surface area contributed by atoms with Gasteiger partial charge in [-0.3, -0.25) is 4.79 Å². The summed E-state index contributed by atoms with van der Waals surface area (Å²) < 4.78 is 5.00. The van der Waals surface area contributed by atoms with Gasteiger partial charge in [-0.05, 0) is 25.1 Å². The Kier molecular flexibility index (Phi) is 3.92. The van der Waals surface area contributed by atoms with Gasteiger partial charge in [0.15, 0.2) is 5.78 Å². The van der Waals surface area contributed by atoms with Gasteiger partial charge in [0.25, 0.3) is 0 Å². The maximum absolute atomic E-state index is 11.4. The molecule has 0 aromatic heterocycles. The summed E-state index contributed by atoms with van der Waals surface area (Å²) in [6.45, 7) is 2.44. The molecule has 0 spiro atoms. The normalized spacial score (nSPS) is 10.1. The zero-order chi connectivity index (χ0) is 10.6. The van der Waals surface area contributed by atoms with Crippen LogP contribution in [-0.2, 0) is 4.74 Å². The molecule has 0 fully saturated rings. The molecular formula is C10H12ClNO2. The molecule has 0 heterocycles. The molecular weight excluding hydrogens is 202 g/mol. The number of rotatable bonds is 4. The van der Waals surface area contributed by atoms with Crippen LogP contribution in [0.15, 0.2) is 18.2 Å². The molecule has 0 aliphatic heterocycles. The third kappa shape index (κ3) is 2.72. The molecule has 14 heavy (non-hydrogen) atoms. The molecule has 4 heteroatoms. The molecule has 1 rings (SSSR count). The molecule has 1 aromatic carbocycles. The standard InChI is InChI=1S/C10H12ClNO2/c1-2-14-6-10(13)7-3-4-9(12)8(11)5-7/h3-5H,2,6,12H2,1H3. The minimum Gasteiger partial charge on any atom is -0.398 e. The molecule has 0 aliphatic rings. The minimum absolute atomic E-state index is 0.0801. The molecule has 0 saturated heterocycles. The lowest BCUT2D eigenvalue weighted by atomic mass is 10.1. The number of nitrogen functional groups attached to an aromatic ring is 1. The van der Waals surface area contributed by atoms with Crippen LogP contribution in [0.5, 0.6) is 0 Å². The van der Waals surface area contributed by atoms with E-state index >= 15 is 0 Å². The number of carbonyl (C=O) groups excluding carboxylic acids is 1. The number of halogens is 1. The fourth-order valence-electron chi connectivity index (χ4n) is 0.979. The van der Waals surface area contributed by atoms with Gasteiger partial charge in [0.05, 0.1) is 10.7 Å². The molecule has 2 N–H and O–H groups in total. The number of ketones is 1. The van der Waals surface area contributed by atoms with E-state index in [9.17, 15) is 4.79 Å². The number of ether oxygens (including phenoxy) is 1. The van der Waals surface area contributed by atoms with E-state index in [1.54, 1.807) is 18.2 Å². The number of hydrogen-bond donors (Lipinski definition) is 1. The van der Waals surface area contributed by atoms with Crippen molar-refractivity contribution in [3.05, 3.63) is 28.8 Å². The van der Waals surface area contributed by atoms with Crippen LogP contribution in [0.2, 0.25) is 5.02 Å². The van der Waals surface area contributed by atoms with Gasteiger partial charge in [0.2, 0.25) is 0 Å². The summed E-state index contributed by atoms with van der Waals surface area (Å²) in [4.78, 5) is 11.4. The van der Waals surface area contributed by atoms with Gasteiger partial charge >= 0.3 is 0 Å².